The number of hydrogen-bond donors (Lipinski definition) is 0. The Balaban J connectivity index is 1.50. The third-order valence-electron chi connectivity index (χ3n) is 6.58. The smallest absolute Gasteiger partial charge is 0.347 e. The van der Waals surface area contributed by atoms with Crippen LogP contribution in [0.4, 0.5) is 5.69 Å². The van der Waals surface area contributed by atoms with Crippen molar-refractivity contribution in [3.05, 3.63) is 81.5 Å². The number of rotatable bonds is 11. The van der Waals surface area contributed by atoms with Gasteiger partial charge in [-0.15, -0.1) is 11.3 Å². The lowest BCUT2D eigenvalue weighted by Crippen LogP contribution is -2.40. The highest BCUT2D eigenvalue weighted by Gasteiger charge is 2.37. The molecule has 5 nitrogen and oxygen atoms in total. The molecule has 204 valence electrons. The van der Waals surface area contributed by atoms with Crippen LogP contribution in [0, 0.1) is 11.8 Å². The van der Waals surface area contributed by atoms with Crippen LogP contribution >= 0.6 is 11.3 Å². The maximum absolute atomic E-state index is 13.6. The average Bonchev–Trinajstić information content (AvgIpc) is 3.41. The van der Waals surface area contributed by atoms with Crippen molar-refractivity contribution in [2.75, 3.05) is 4.90 Å². The fraction of sp³-hybridized carbons (Fsp3) is 0.394. The topological polar surface area (TPSA) is 55.8 Å². The largest absolute Gasteiger partial charge is 0.452 e. The number of carbonyl (C=O) groups excluding carboxylic acids is 2. The Morgan fingerprint density at radius 1 is 0.949 bits per heavy atom. The molecule has 39 heavy (non-hydrogen) atoms. The molecule has 0 fully saturated rings. The third-order valence-corrected chi connectivity index (χ3v) is 7.46. The van der Waals surface area contributed by atoms with Crippen molar-refractivity contribution < 1.29 is 19.1 Å². The van der Waals surface area contributed by atoms with Gasteiger partial charge >= 0.3 is 5.97 Å². The molecule has 3 aromatic rings. The fourth-order valence-corrected chi connectivity index (χ4v) is 5.29. The maximum Gasteiger partial charge on any atom is 0.347 e. The number of anilines is 1. The normalized spacial score (nSPS) is 13.5. The van der Waals surface area contributed by atoms with Gasteiger partial charge in [0, 0.05) is 30.7 Å². The zero-order chi connectivity index (χ0) is 27.7. The third kappa shape index (κ3) is 7.97. The highest BCUT2D eigenvalue weighted by atomic mass is 32.1. The second-order valence-corrected chi connectivity index (χ2v) is 11.3. The number of cyclic esters (lactones) is 1. The SMILES string of the molecule is CCCCCCCCC#Cc1ccc(CN(C(=O)Cc2cccs2)c2cccc3c2C(=O)OC(C)(C)O3)cc1. The number of carbonyl (C=O) groups is 2. The van der Waals surface area contributed by atoms with E-state index >= 15 is 0 Å². The summed E-state index contributed by atoms with van der Waals surface area (Å²) in [5, 5.41) is 1.96. The Morgan fingerprint density at radius 2 is 1.72 bits per heavy atom. The van der Waals surface area contributed by atoms with Gasteiger partial charge in [0.15, 0.2) is 0 Å². The van der Waals surface area contributed by atoms with E-state index in [-0.39, 0.29) is 17.9 Å². The van der Waals surface area contributed by atoms with Crippen LogP contribution in [0.15, 0.2) is 60.0 Å². The molecule has 0 saturated carbocycles. The lowest BCUT2D eigenvalue weighted by atomic mass is 10.1. The van der Waals surface area contributed by atoms with Crippen LogP contribution in [0.25, 0.3) is 0 Å². The predicted molar refractivity (Wildman–Crippen MR) is 157 cm³/mol. The average molecular weight is 544 g/mol. The number of ether oxygens (including phenoxy) is 2. The van der Waals surface area contributed by atoms with Gasteiger partial charge in [0.25, 0.3) is 0 Å². The number of amides is 1. The number of unbranched alkanes of at least 4 members (excludes halogenated alkanes) is 6. The summed E-state index contributed by atoms with van der Waals surface area (Å²) in [5.41, 5.74) is 2.66. The molecule has 0 radical (unpaired) electrons. The number of nitrogens with zero attached hydrogens (tertiary/aromatic N) is 1. The molecule has 2 aromatic carbocycles. The van der Waals surface area contributed by atoms with Gasteiger partial charge in [0.05, 0.1) is 18.7 Å². The van der Waals surface area contributed by atoms with Crippen LogP contribution in [0.5, 0.6) is 5.75 Å². The molecule has 1 aromatic heterocycles. The molecule has 1 aliphatic rings. The van der Waals surface area contributed by atoms with Crippen molar-refractivity contribution in [3.8, 4) is 17.6 Å². The van der Waals surface area contributed by atoms with Crippen LogP contribution in [0.1, 0.15) is 92.1 Å². The number of benzene rings is 2. The highest BCUT2D eigenvalue weighted by Crippen LogP contribution is 2.38. The number of fused-ring (bicyclic) bond motifs is 1. The predicted octanol–water partition coefficient (Wildman–Crippen LogP) is 7.91. The van der Waals surface area contributed by atoms with E-state index < -0.39 is 11.8 Å². The van der Waals surface area contributed by atoms with E-state index in [1.54, 1.807) is 36.9 Å². The Kier molecular flexibility index (Phi) is 9.84. The zero-order valence-corrected chi connectivity index (χ0v) is 23.9. The molecule has 0 spiro atoms. The summed E-state index contributed by atoms with van der Waals surface area (Å²) in [4.78, 5) is 29.2. The Bertz CT molecular complexity index is 1320. The first kappa shape index (κ1) is 28.4. The van der Waals surface area contributed by atoms with Gasteiger partial charge < -0.3 is 14.4 Å². The Labute approximate surface area is 236 Å². The molecule has 6 heteroatoms. The van der Waals surface area contributed by atoms with E-state index in [2.05, 4.69) is 18.8 Å². The summed E-state index contributed by atoms with van der Waals surface area (Å²) < 4.78 is 11.4. The van der Waals surface area contributed by atoms with Crippen LogP contribution in [0.2, 0.25) is 0 Å². The minimum Gasteiger partial charge on any atom is -0.452 e. The molecule has 0 bridgehead atoms. The lowest BCUT2D eigenvalue weighted by molar-refractivity contribution is -0.127. The van der Waals surface area contributed by atoms with Crippen molar-refractivity contribution in [3.63, 3.8) is 0 Å². The summed E-state index contributed by atoms with van der Waals surface area (Å²) in [6.45, 7) is 5.93. The van der Waals surface area contributed by atoms with Crippen molar-refractivity contribution in [2.24, 2.45) is 0 Å². The van der Waals surface area contributed by atoms with Gasteiger partial charge in [-0.05, 0) is 47.7 Å². The summed E-state index contributed by atoms with van der Waals surface area (Å²) in [6.07, 6.45) is 8.72. The highest BCUT2D eigenvalue weighted by molar-refractivity contribution is 7.10. The van der Waals surface area contributed by atoms with E-state index in [9.17, 15) is 9.59 Å². The number of thiophene rings is 1. The molecular weight excluding hydrogens is 506 g/mol. The Hall–Kier alpha value is -3.56. The van der Waals surface area contributed by atoms with Crippen molar-refractivity contribution >= 4 is 28.9 Å². The fourth-order valence-electron chi connectivity index (χ4n) is 4.59. The van der Waals surface area contributed by atoms with Crippen LogP contribution in [0.3, 0.4) is 0 Å². The van der Waals surface area contributed by atoms with Crippen LogP contribution < -0.4 is 9.64 Å². The standard InChI is InChI=1S/C33H37NO4S/c1-4-5-6-7-8-9-10-11-14-25-18-20-26(21-19-25)24-34(30(35)23-27-15-13-22-39-27)28-16-12-17-29-31(28)32(36)38-33(2,3)37-29/h12-13,15-22H,4-10,23-24H2,1-3H3. The monoisotopic (exact) mass is 543 g/mol. The molecular formula is C33H37NO4S. The second kappa shape index (κ2) is 13.5. The second-order valence-electron chi connectivity index (χ2n) is 10.3. The summed E-state index contributed by atoms with van der Waals surface area (Å²) in [5.74, 6) is 5.29. The van der Waals surface area contributed by atoms with Gasteiger partial charge in [-0.25, -0.2) is 4.79 Å². The molecule has 4 rings (SSSR count). The van der Waals surface area contributed by atoms with Gasteiger partial charge in [-0.1, -0.05) is 75.1 Å². The summed E-state index contributed by atoms with van der Waals surface area (Å²) in [7, 11) is 0. The van der Waals surface area contributed by atoms with Crippen LogP contribution in [-0.2, 0) is 22.5 Å². The van der Waals surface area contributed by atoms with Gasteiger partial charge in [0.2, 0.25) is 11.7 Å². The van der Waals surface area contributed by atoms with Crippen molar-refractivity contribution in [1.82, 2.24) is 0 Å². The summed E-state index contributed by atoms with van der Waals surface area (Å²) in [6, 6.07) is 17.2. The van der Waals surface area contributed by atoms with Crippen molar-refractivity contribution in [1.29, 1.82) is 0 Å². The first-order chi connectivity index (χ1) is 18.9. The number of esters is 1. The minimum absolute atomic E-state index is 0.105. The van der Waals surface area contributed by atoms with E-state index in [0.717, 1.165) is 28.8 Å². The summed E-state index contributed by atoms with van der Waals surface area (Å²) >= 11 is 1.54. The van der Waals surface area contributed by atoms with E-state index in [1.807, 2.05) is 41.8 Å². The Morgan fingerprint density at radius 3 is 2.46 bits per heavy atom. The molecule has 0 N–H and O–H groups in total. The first-order valence-electron chi connectivity index (χ1n) is 13.8. The minimum atomic E-state index is -1.07. The van der Waals surface area contributed by atoms with Gasteiger partial charge in [-0.3, -0.25) is 4.79 Å². The maximum atomic E-state index is 13.6. The lowest BCUT2D eigenvalue weighted by Gasteiger charge is -2.34. The molecule has 1 amide bonds. The number of hydrogen-bond acceptors (Lipinski definition) is 5. The molecule has 0 atom stereocenters. The van der Waals surface area contributed by atoms with E-state index in [4.69, 9.17) is 9.47 Å². The van der Waals surface area contributed by atoms with Crippen LogP contribution in [-0.4, -0.2) is 17.7 Å². The first-order valence-corrected chi connectivity index (χ1v) is 14.7. The van der Waals surface area contributed by atoms with E-state index in [1.165, 1.54) is 43.4 Å². The molecule has 0 saturated heterocycles. The molecule has 2 heterocycles. The van der Waals surface area contributed by atoms with E-state index in [0.29, 0.717) is 18.0 Å². The van der Waals surface area contributed by atoms with Crippen molar-refractivity contribution in [2.45, 2.75) is 84.5 Å². The zero-order valence-electron chi connectivity index (χ0n) is 23.1. The molecule has 1 aliphatic heterocycles. The molecule has 0 aliphatic carbocycles. The van der Waals surface area contributed by atoms with Gasteiger partial charge in [0.1, 0.15) is 11.3 Å². The molecule has 0 unspecified atom stereocenters. The quantitative estimate of drug-likeness (QED) is 0.140. The van der Waals surface area contributed by atoms with Gasteiger partial charge in [-0.2, -0.15) is 0 Å².